The van der Waals surface area contributed by atoms with Crippen molar-refractivity contribution in [1.82, 2.24) is 0 Å². The van der Waals surface area contributed by atoms with E-state index >= 15 is 0 Å². The predicted octanol–water partition coefficient (Wildman–Crippen LogP) is 13.8. The predicted molar refractivity (Wildman–Crippen MR) is 249 cm³/mol. The Labute approximate surface area is 356 Å². The SMILES string of the molecule is C=C1/C=C\C=C/Oc2c1ccc1c2C2(c3cc(C4=CC(c5ccccc5)Nc5ccccc54)ccc3-1)c1ccccc1C1(c3ccccc3-c3ccccc31)c1ccccc12. The second-order valence-electron chi connectivity index (χ2n) is 16.8. The average Bonchev–Trinajstić information content (AvgIpc) is 3.78. The molecule has 0 saturated heterocycles. The van der Waals surface area contributed by atoms with Gasteiger partial charge in [-0.15, -0.1) is 0 Å². The number of hydrogen-bond acceptors (Lipinski definition) is 2. The standard InChI is InChI=1S/C59H39NO/c1-37-17-15-16-34-61-57-40(37)32-33-45-43-31-30-39(46-36-55(38-18-3-2-4-19-38)60-54-29-14-7-22-44(46)54)35-53(43)59(56(45)57)51-27-12-10-25-49(51)58(50-26-11-13-28-52(50)59)47-23-8-5-20-41(47)42-21-6-9-24-48(42)58/h2-36,55,60H,1H2/b17-15-,34-16-. The van der Waals surface area contributed by atoms with Gasteiger partial charge in [0.15, 0.2) is 0 Å². The van der Waals surface area contributed by atoms with Crippen LogP contribution in [0.4, 0.5) is 5.69 Å². The lowest BCUT2D eigenvalue weighted by molar-refractivity contribution is 0.465. The summed E-state index contributed by atoms with van der Waals surface area (Å²) in [5.41, 5.74) is 21.8. The zero-order valence-corrected chi connectivity index (χ0v) is 33.4. The van der Waals surface area contributed by atoms with Crippen molar-refractivity contribution in [2.75, 3.05) is 5.32 Å². The van der Waals surface area contributed by atoms with Crippen LogP contribution in [-0.2, 0) is 10.8 Å². The van der Waals surface area contributed by atoms with Crippen LogP contribution in [0.15, 0.2) is 219 Å². The van der Waals surface area contributed by atoms with Crippen LogP contribution in [-0.4, -0.2) is 0 Å². The van der Waals surface area contributed by atoms with E-state index in [1.165, 1.54) is 83.5 Å². The van der Waals surface area contributed by atoms with Crippen molar-refractivity contribution in [2.24, 2.45) is 0 Å². The summed E-state index contributed by atoms with van der Waals surface area (Å²) in [5, 5.41) is 3.84. The molecule has 1 N–H and O–H groups in total. The molecule has 0 saturated carbocycles. The van der Waals surface area contributed by atoms with Gasteiger partial charge < -0.3 is 10.1 Å². The van der Waals surface area contributed by atoms with Crippen molar-refractivity contribution in [3.63, 3.8) is 0 Å². The fourth-order valence-electron chi connectivity index (χ4n) is 11.7. The van der Waals surface area contributed by atoms with Gasteiger partial charge in [-0.2, -0.15) is 0 Å². The number of rotatable bonds is 2. The van der Waals surface area contributed by atoms with E-state index in [9.17, 15) is 0 Å². The molecule has 61 heavy (non-hydrogen) atoms. The number of ether oxygens (including phenoxy) is 1. The second kappa shape index (κ2) is 12.7. The molecule has 286 valence electrons. The fourth-order valence-corrected chi connectivity index (χ4v) is 11.7. The van der Waals surface area contributed by atoms with Gasteiger partial charge in [0, 0.05) is 22.4 Å². The molecule has 0 amide bonds. The summed E-state index contributed by atoms with van der Waals surface area (Å²) in [6.07, 6.45) is 10.3. The first-order chi connectivity index (χ1) is 30.2. The van der Waals surface area contributed by atoms with Crippen LogP contribution in [0.25, 0.3) is 33.4 Å². The first kappa shape index (κ1) is 34.2. The Morgan fingerprint density at radius 2 is 1.00 bits per heavy atom. The highest BCUT2D eigenvalue weighted by Crippen LogP contribution is 2.69. The molecule has 0 aromatic heterocycles. The molecule has 0 bridgehead atoms. The fraction of sp³-hybridized carbons (Fsp3) is 0.0508. The van der Waals surface area contributed by atoms with E-state index in [1.54, 1.807) is 0 Å². The molecule has 2 aliphatic heterocycles. The van der Waals surface area contributed by atoms with Gasteiger partial charge in [0.2, 0.25) is 0 Å². The van der Waals surface area contributed by atoms with Crippen LogP contribution >= 0.6 is 0 Å². The van der Waals surface area contributed by atoms with Crippen LogP contribution in [0.2, 0.25) is 0 Å². The molecular formula is C59H39NO. The Balaban J connectivity index is 1.17. The number of anilines is 1. The molecule has 2 heteroatoms. The van der Waals surface area contributed by atoms with E-state index in [4.69, 9.17) is 4.74 Å². The zero-order valence-electron chi connectivity index (χ0n) is 33.4. The zero-order chi connectivity index (χ0) is 40.3. The minimum atomic E-state index is -0.750. The van der Waals surface area contributed by atoms with Crippen molar-refractivity contribution in [1.29, 1.82) is 0 Å². The monoisotopic (exact) mass is 777 g/mol. The molecular weight excluding hydrogens is 739 g/mol. The maximum Gasteiger partial charge on any atom is 0.139 e. The number of fused-ring (bicyclic) bond motifs is 19. The molecule has 1 unspecified atom stereocenters. The molecule has 8 aromatic rings. The molecule has 8 aromatic carbocycles. The maximum atomic E-state index is 6.90. The van der Waals surface area contributed by atoms with E-state index in [2.05, 4.69) is 206 Å². The Morgan fingerprint density at radius 3 is 1.69 bits per heavy atom. The summed E-state index contributed by atoms with van der Waals surface area (Å²) >= 11 is 0. The van der Waals surface area contributed by atoms with Crippen LogP contribution in [0, 0.1) is 0 Å². The summed E-state index contributed by atoms with van der Waals surface area (Å²) in [5.74, 6) is 0.851. The molecule has 0 fully saturated rings. The first-order valence-electron chi connectivity index (χ1n) is 21.2. The second-order valence-corrected chi connectivity index (χ2v) is 16.8. The molecule has 13 rings (SSSR count). The average molecular weight is 778 g/mol. The minimum absolute atomic E-state index is 0.0166. The Bertz CT molecular complexity index is 3190. The normalized spacial score (nSPS) is 18.3. The van der Waals surface area contributed by atoms with Gasteiger partial charge >= 0.3 is 0 Å². The highest BCUT2D eigenvalue weighted by molar-refractivity contribution is 5.98. The Morgan fingerprint density at radius 1 is 0.459 bits per heavy atom. The first-order valence-corrected chi connectivity index (χ1v) is 21.2. The van der Waals surface area contributed by atoms with Crippen molar-refractivity contribution in [3.8, 4) is 28.0 Å². The highest BCUT2D eigenvalue weighted by atomic mass is 16.5. The lowest BCUT2D eigenvalue weighted by Gasteiger charge is -2.49. The van der Waals surface area contributed by atoms with Crippen molar-refractivity contribution in [3.05, 3.63) is 286 Å². The summed E-state index contributed by atoms with van der Waals surface area (Å²) in [4.78, 5) is 0. The molecule has 2 nitrogen and oxygen atoms in total. The quantitative estimate of drug-likeness (QED) is 0.189. The third kappa shape index (κ3) is 4.41. The minimum Gasteiger partial charge on any atom is -0.464 e. The van der Waals surface area contributed by atoms with Gasteiger partial charge in [-0.05, 0) is 108 Å². The lowest BCUT2D eigenvalue weighted by atomic mass is 9.52. The van der Waals surface area contributed by atoms with Crippen molar-refractivity contribution < 1.29 is 4.74 Å². The van der Waals surface area contributed by atoms with E-state index in [0.717, 1.165) is 28.1 Å². The summed E-state index contributed by atoms with van der Waals surface area (Å²) in [7, 11) is 0. The van der Waals surface area contributed by atoms with Gasteiger partial charge in [-0.25, -0.2) is 0 Å². The lowest BCUT2D eigenvalue weighted by Crippen LogP contribution is -2.44. The van der Waals surface area contributed by atoms with Crippen molar-refractivity contribution in [2.45, 2.75) is 16.9 Å². The van der Waals surface area contributed by atoms with Gasteiger partial charge in [-0.1, -0.05) is 189 Å². The molecule has 3 aliphatic carbocycles. The third-order valence-corrected chi connectivity index (χ3v) is 14.0. The van der Waals surface area contributed by atoms with Gasteiger partial charge in [-0.3, -0.25) is 0 Å². The van der Waals surface area contributed by atoms with E-state index in [-0.39, 0.29) is 6.04 Å². The maximum absolute atomic E-state index is 6.90. The van der Waals surface area contributed by atoms with Gasteiger partial charge in [0.25, 0.3) is 0 Å². The highest BCUT2D eigenvalue weighted by Gasteiger charge is 2.60. The molecule has 0 radical (unpaired) electrons. The number of benzene rings is 8. The summed E-state index contributed by atoms with van der Waals surface area (Å²) in [6, 6.07) is 67.9. The van der Waals surface area contributed by atoms with Gasteiger partial charge in [0.1, 0.15) is 5.75 Å². The molecule has 2 heterocycles. The number of para-hydroxylation sites is 1. The largest absolute Gasteiger partial charge is 0.464 e. The van der Waals surface area contributed by atoms with Crippen LogP contribution in [0.5, 0.6) is 5.75 Å². The smallest absolute Gasteiger partial charge is 0.139 e. The van der Waals surface area contributed by atoms with Gasteiger partial charge in [0.05, 0.1) is 23.1 Å². The van der Waals surface area contributed by atoms with E-state index < -0.39 is 10.8 Å². The van der Waals surface area contributed by atoms with Crippen LogP contribution in [0.3, 0.4) is 0 Å². The summed E-state index contributed by atoms with van der Waals surface area (Å²) in [6.45, 7) is 4.58. The van der Waals surface area contributed by atoms with Crippen LogP contribution < -0.4 is 10.1 Å². The molecule has 5 aliphatic rings. The Hall–Kier alpha value is -7.68. The molecule has 2 spiro atoms. The molecule has 1 atom stereocenters. The van der Waals surface area contributed by atoms with Crippen LogP contribution in [0.1, 0.15) is 72.8 Å². The number of allylic oxidation sites excluding steroid dienone is 4. The third-order valence-electron chi connectivity index (χ3n) is 14.0. The topological polar surface area (TPSA) is 21.3 Å². The summed E-state index contributed by atoms with van der Waals surface area (Å²) < 4.78 is 6.90. The number of nitrogens with one attached hydrogen (secondary N) is 1. The Kier molecular flexibility index (Phi) is 7.10. The van der Waals surface area contributed by atoms with E-state index in [0.29, 0.717) is 0 Å². The van der Waals surface area contributed by atoms with Crippen molar-refractivity contribution >= 4 is 16.8 Å². The van der Waals surface area contributed by atoms with E-state index in [1.807, 2.05) is 18.4 Å². The number of hydrogen-bond donors (Lipinski definition) is 1.